The summed E-state index contributed by atoms with van der Waals surface area (Å²) < 4.78 is 51.9. The minimum absolute atomic E-state index is 0.000129. The van der Waals surface area contributed by atoms with Crippen molar-refractivity contribution in [3.8, 4) is 0 Å². The smallest absolute Gasteiger partial charge is 0.338 e. The maximum absolute atomic E-state index is 13.5. The lowest BCUT2D eigenvalue weighted by Crippen LogP contribution is -2.11. The van der Waals surface area contributed by atoms with Gasteiger partial charge < -0.3 is 10.0 Å². The maximum atomic E-state index is 13.5. The van der Waals surface area contributed by atoms with E-state index in [1.807, 2.05) is 0 Å². The zero-order chi connectivity index (χ0) is 22.5. The molecule has 0 aromatic heterocycles. The number of nitrogens with zero attached hydrogens (tertiary/aromatic N) is 1. The molecule has 0 fully saturated rings. The van der Waals surface area contributed by atoms with Crippen molar-refractivity contribution < 1.29 is 32.3 Å². The largest absolute Gasteiger partial charge is 0.478 e. The number of carboxylic acid groups (broad SMARTS) is 1. The quantitative estimate of drug-likeness (QED) is 0.230. The minimum Gasteiger partial charge on any atom is -0.478 e. The standard InChI is InChI=1S/C12H12BrF2NO.C7H3BrF2O2/c1-7(16(2)3)4-12(17)8-5-11(15)9(13)6-10(8)14;8-4-2-5(9)3(7(11)12)1-6(4)10/h4-6H,1-3H3;1-2H,(H,11,12)/b7-4+;. The van der Waals surface area contributed by atoms with Gasteiger partial charge >= 0.3 is 5.97 Å². The third-order valence-electron chi connectivity index (χ3n) is 3.56. The van der Waals surface area contributed by atoms with E-state index in [4.69, 9.17) is 5.11 Å². The van der Waals surface area contributed by atoms with Crippen molar-refractivity contribution in [1.29, 1.82) is 0 Å². The molecule has 0 aliphatic heterocycles. The number of halogens is 6. The molecule has 0 unspecified atom stereocenters. The summed E-state index contributed by atoms with van der Waals surface area (Å²) in [4.78, 5) is 23.7. The topological polar surface area (TPSA) is 57.6 Å². The first-order chi connectivity index (χ1) is 13.3. The summed E-state index contributed by atoms with van der Waals surface area (Å²) in [6, 6.07) is 3.24. The monoisotopic (exact) mass is 539 g/mol. The van der Waals surface area contributed by atoms with Gasteiger partial charge in [-0.3, -0.25) is 4.79 Å². The molecule has 1 N–H and O–H groups in total. The number of allylic oxidation sites excluding steroid dienone is 2. The first-order valence-electron chi connectivity index (χ1n) is 7.77. The molecule has 0 aliphatic carbocycles. The molecular weight excluding hydrogens is 526 g/mol. The fourth-order valence-electron chi connectivity index (χ4n) is 1.79. The molecule has 156 valence electrons. The van der Waals surface area contributed by atoms with Crippen molar-refractivity contribution in [2.75, 3.05) is 14.1 Å². The van der Waals surface area contributed by atoms with Gasteiger partial charge in [-0.2, -0.15) is 0 Å². The molecule has 0 saturated heterocycles. The van der Waals surface area contributed by atoms with E-state index in [1.54, 1.807) is 25.9 Å². The molecular formula is C19H15Br2F4NO3. The summed E-state index contributed by atoms with van der Waals surface area (Å²) in [5.41, 5.74) is -0.277. The normalized spacial score (nSPS) is 10.9. The van der Waals surface area contributed by atoms with Gasteiger partial charge in [-0.15, -0.1) is 0 Å². The van der Waals surface area contributed by atoms with Gasteiger partial charge in [0.1, 0.15) is 23.3 Å². The summed E-state index contributed by atoms with van der Waals surface area (Å²) in [7, 11) is 3.52. The maximum Gasteiger partial charge on any atom is 0.338 e. The molecule has 2 aromatic rings. The zero-order valence-corrected chi connectivity index (χ0v) is 18.5. The Bertz CT molecular complexity index is 978. The number of ketones is 1. The van der Waals surface area contributed by atoms with Crippen LogP contribution in [0.1, 0.15) is 27.6 Å². The Kier molecular flexibility index (Phi) is 9.03. The highest BCUT2D eigenvalue weighted by molar-refractivity contribution is 9.10. The van der Waals surface area contributed by atoms with E-state index in [-0.39, 0.29) is 14.5 Å². The molecule has 29 heavy (non-hydrogen) atoms. The number of hydrogen-bond acceptors (Lipinski definition) is 3. The van der Waals surface area contributed by atoms with Gasteiger partial charge in [0.05, 0.1) is 20.1 Å². The summed E-state index contributed by atoms with van der Waals surface area (Å²) in [5.74, 6) is -5.21. The Morgan fingerprint density at radius 3 is 1.69 bits per heavy atom. The Hall–Kier alpha value is -2.20. The predicted octanol–water partition coefficient (Wildman–Crippen LogP) is 5.80. The van der Waals surface area contributed by atoms with E-state index < -0.39 is 40.6 Å². The molecule has 0 spiro atoms. The molecule has 0 atom stereocenters. The van der Waals surface area contributed by atoms with Crippen molar-refractivity contribution in [2.45, 2.75) is 6.92 Å². The molecule has 0 amide bonds. The molecule has 2 aromatic carbocycles. The summed E-state index contributed by atoms with van der Waals surface area (Å²) >= 11 is 5.57. The van der Waals surface area contributed by atoms with Crippen LogP contribution in [0.3, 0.4) is 0 Å². The number of aromatic carboxylic acids is 1. The lowest BCUT2D eigenvalue weighted by molar-refractivity contribution is 0.0691. The second-order valence-corrected chi connectivity index (χ2v) is 7.55. The number of carbonyl (C=O) groups excluding carboxylic acids is 1. The minimum atomic E-state index is -1.49. The number of hydrogen-bond donors (Lipinski definition) is 1. The lowest BCUT2D eigenvalue weighted by atomic mass is 10.1. The van der Waals surface area contributed by atoms with Crippen LogP contribution in [0, 0.1) is 23.3 Å². The van der Waals surface area contributed by atoms with E-state index in [9.17, 15) is 27.2 Å². The van der Waals surface area contributed by atoms with Crippen molar-refractivity contribution >= 4 is 43.6 Å². The molecule has 0 saturated carbocycles. The molecule has 2 rings (SSSR count). The highest BCUT2D eigenvalue weighted by atomic mass is 79.9. The van der Waals surface area contributed by atoms with Gasteiger partial charge in [-0.25, -0.2) is 22.4 Å². The number of carboxylic acids is 1. The van der Waals surface area contributed by atoms with Crippen LogP contribution >= 0.6 is 31.9 Å². The van der Waals surface area contributed by atoms with E-state index in [0.29, 0.717) is 11.8 Å². The van der Waals surface area contributed by atoms with Crippen molar-refractivity contribution in [2.24, 2.45) is 0 Å². The molecule has 10 heteroatoms. The summed E-state index contributed by atoms with van der Waals surface area (Å²) in [6.07, 6.45) is 1.27. The van der Waals surface area contributed by atoms with Gasteiger partial charge in [-0.1, -0.05) is 0 Å². The first kappa shape index (κ1) is 24.8. The SMILES string of the molecule is C/C(=C\C(=O)c1cc(F)c(Br)cc1F)N(C)C.O=C(O)c1cc(F)c(Br)cc1F. The molecule has 0 aliphatic rings. The highest BCUT2D eigenvalue weighted by Crippen LogP contribution is 2.21. The lowest BCUT2D eigenvalue weighted by Gasteiger charge is -2.12. The van der Waals surface area contributed by atoms with Gasteiger partial charge in [0, 0.05) is 25.9 Å². The fourth-order valence-corrected chi connectivity index (χ4v) is 2.43. The van der Waals surface area contributed by atoms with Crippen LogP contribution in [0.5, 0.6) is 0 Å². The van der Waals surface area contributed by atoms with E-state index >= 15 is 0 Å². The predicted molar refractivity (Wildman–Crippen MR) is 107 cm³/mol. The van der Waals surface area contributed by atoms with Gasteiger partial charge in [0.25, 0.3) is 0 Å². The second kappa shape index (κ2) is 10.5. The molecule has 4 nitrogen and oxygen atoms in total. The van der Waals surface area contributed by atoms with Crippen LogP contribution in [0.15, 0.2) is 45.0 Å². The molecule has 0 bridgehead atoms. The van der Waals surface area contributed by atoms with Crippen molar-refractivity contribution in [3.05, 3.63) is 79.4 Å². The Labute approximate surface area is 181 Å². The zero-order valence-electron chi connectivity index (χ0n) is 15.4. The van der Waals surface area contributed by atoms with E-state index in [2.05, 4.69) is 31.9 Å². The third kappa shape index (κ3) is 6.97. The van der Waals surface area contributed by atoms with Crippen LogP contribution < -0.4 is 0 Å². The molecule has 0 heterocycles. The van der Waals surface area contributed by atoms with Crippen LogP contribution in [-0.2, 0) is 0 Å². The third-order valence-corrected chi connectivity index (χ3v) is 4.78. The number of benzene rings is 2. The molecule has 0 radical (unpaired) electrons. The van der Waals surface area contributed by atoms with Crippen LogP contribution in [0.25, 0.3) is 0 Å². The Balaban J connectivity index is 0.000000308. The van der Waals surface area contributed by atoms with Crippen LogP contribution in [0.2, 0.25) is 0 Å². The fraction of sp³-hybridized carbons (Fsp3) is 0.158. The van der Waals surface area contributed by atoms with Gasteiger partial charge in [-0.05, 0) is 63.0 Å². The number of carbonyl (C=O) groups is 2. The Morgan fingerprint density at radius 2 is 1.28 bits per heavy atom. The summed E-state index contributed by atoms with van der Waals surface area (Å²) in [6.45, 7) is 1.71. The highest BCUT2D eigenvalue weighted by Gasteiger charge is 2.14. The van der Waals surface area contributed by atoms with E-state index in [0.717, 1.165) is 18.2 Å². The van der Waals surface area contributed by atoms with Crippen molar-refractivity contribution in [3.63, 3.8) is 0 Å². The van der Waals surface area contributed by atoms with Crippen LogP contribution in [0.4, 0.5) is 17.6 Å². The summed E-state index contributed by atoms with van der Waals surface area (Å²) in [5, 5.41) is 8.36. The van der Waals surface area contributed by atoms with Crippen molar-refractivity contribution in [1.82, 2.24) is 4.90 Å². The van der Waals surface area contributed by atoms with Gasteiger partial charge in [0.2, 0.25) is 0 Å². The Morgan fingerprint density at radius 1 is 0.862 bits per heavy atom. The van der Waals surface area contributed by atoms with Gasteiger partial charge in [0.15, 0.2) is 5.78 Å². The first-order valence-corrected chi connectivity index (χ1v) is 9.36. The number of rotatable bonds is 4. The van der Waals surface area contributed by atoms with E-state index in [1.165, 1.54) is 6.08 Å². The van der Waals surface area contributed by atoms with Crippen LogP contribution in [-0.4, -0.2) is 35.9 Å². The average molecular weight is 541 g/mol. The average Bonchev–Trinajstić information content (AvgIpc) is 2.61. The second-order valence-electron chi connectivity index (χ2n) is 5.84.